The predicted molar refractivity (Wildman–Crippen MR) is 97.5 cm³/mol. The van der Waals surface area contributed by atoms with Crippen LogP contribution >= 0.6 is 11.3 Å². The Morgan fingerprint density at radius 1 is 1.04 bits per heavy atom. The van der Waals surface area contributed by atoms with E-state index in [9.17, 15) is 9.59 Å². The number of carbonyl (C=O) groups excluding carboxylic acids is 2. The molecule has 0 radical (unpaired) electrons. The Morgan fingerprint density at radius 3 is 2.56 bits per heavy atom. The number of thiazole rings is 1. The van der Waals surface area contributed by atoms with E-state index in [2.05, 4.69) is 10.3 Å². The minimum absolute atomic E-state index is 0.236. The van der Waals surface area contributed by atoms with E-state index in [1.165, 1.54) is 11.3 Å². The molecule has 1 aromatic heterocycles. The lowest BCUT2D eigenvalue weighted by molar-refractivity contribution is 0.0946. The molecule has 5 nitrogen and oxygen atoms in total. The van der Waals surface area contributed by atoms with E-state index in [1.54, 1.807) is 23.6 Å². The molecule has 3 rings (SSSR count). The number of carbonyl (C=O) groups is 2. The first-order valence-corrected chi connectivity index (χ1v) is 8.65. The van der Waals surface area contributed by atoms with E-state index in [4.69, 9.17) is 5.73 Å². The molecule has 25 heavy (non-hydrogen) atoms. The van der Waals surface area contributed by atoms with E-state index < -0.39 is 5.91 Å². The summed E-state index contributed by atoms with van der Waals surface area (Å²) in [4.78, 5) is 27.8. The lowest BCUT2D eigenvalue weighted by atomic mass is 10.1. The molecule has 0 aliphatic heterocycles. The zero-order chi connectivity index (χ0) is 17.6. The van der Waals surface area contributed by atoms with Gasteiger partial charge in [-0.1, -0.05) is 42.5 Å². The van der Waals surface area contributed by atoms with Crippen LogP contribution in [-0.4, -0.2) is 16.8 Å². The van der Waals surface area contributed by atoms with Crippen LogP contribution in [0.4, 0.5) is 0 Å². The van der Waals surface area contributed by atoms with Gasteiger partial charge < -0.3 is 11.1 Å². The highest BCUT2D eigenvalue weighted by Gasteiger charge is 2.11. The second-order valence-corrected chi connectivity index (χ2v) is 6.48. The van der Waals surface area contributed by atoms with Crippen LogP contribution in [0.2, 0.25) is 0 Å². The fourth-order valence-corrected chi connectivity index (χ4v) is 3.18. The van der Waals surface area contributed by atoms with Crippen LogP contribution in [0.3, 0.4) is 0 Å². The van der Waals surface area contributed by atoms with Gasteiger partial charge in [-0.25, -0.2) is 4.98 Å². The third-order valence-corrected chi connectivity index (χ3v) is 4.50. The van der Waals surface area contributed by atoms with Crippen LogP contribution in [0.5, 0.6) is 0 Å². The highest BCUT2D eigenvalue weighted by molar-refractivity contribution is 7.09. The van der Waals surface area contributed by atoms with E-state index in [-0.39, 0.29) is 5.91 Å². The summed E-state index contributed by atoms with van der Waals surface area (Å²) in [5.41, 5.74) is 8.06. The van der Waals surface area contributed by atoms with E-state index >= 15 is 0 Å². The average Bonchev–Trinajstić information content (AvgIpc) is 3.09. The lowest BCUT2D eigenvalue weighted by Gasteiger charge is -2.05. The van der Waals surface area contributed by atoms with Gasteiger partial charge in [0.15, 0.2) is 0 Å². The summed E-state index contributed by atoms with van der Waals surface area (Å²) in [7, 11) is 0. The van der Waals surface area contributed by atoms with Gasteiger partial charge in [0.25, 0.3) is 5.91 Å². The number of rotatable bonds is 6. The van der Waals surface area contributed by atoms with Gasteiger partial charge in [-0.15, -0.1) is 11.3 Å². The second kappa shape index (κ2) is 7.72. The summed E-state index contributed by atoms with van der Waals surface area (Å²) in [6.45, 7) is 0.311. The van der Waals surface area contributed by atoms with Gasteiger partial charge in [0.1, 0.15) is 5.69 Å². The van der Waals surface area contributed by atoms with Crippen molar-refractivity contribution in [1.29, 1.82) is 0 Å². The van der Waals surface area contributed by atoms with Gasteiger partial charge >= 0.3 is 0 Å². The zero-order valence-corrected chi connectivity index (χ0v) is 14.3. The number of amides is 2. The van der Waals surface area contributed by atoms with Gasteiger partial charge in [0.05, 0.1) is 5.01 Å². The molecule has 0 fully saturated rings. The Morgan fingerprint density at radius 2 is 1.80 bits per heavy atom. The topological polar surface area (TPSA) is 85.1 Å². The molecule has 0 aliphatic carbocycles. The smallest absolute Gasteiger partial charge is 0.271 e. The molecular weight excluding hydrogens is 334 g/mol. The lowest BCUT2D eigenvalue weighted by Crippen LogP contribution is -2.23. The second-order valence-electron chi connectivity index (χ2n) is 5.54. The predicted octanol–water partition coefficient (Wildman–Crippen LogP) is 2.76. The molecule has 1 heterocycles. The van der Waals surface area contributed by atoms with Crippen molar-refractivity contribution in [3.05, 3.63) is 87.4 Å². The van der Waals surface area contributed by atoms with Crippen LogP contribution in [0, 0.1) is 0 Å². The average molecular weight is 351 g/mol. The van der Waals surface area contributed by atoms with Gasteiger partial charge in [-0.05, 0) is 23.3 Å². The first kappa shape index (κ1) is 16.9. The first-order valence-electron chi connectivity index (χ1n) is 7.77. The van der Waals surface area contributed by atoms with Gasteiger partial charge in [0.2, 0.25) is 5.91 Å². The fraction of sp³-hybridized carbons (Fsp3) is 0.105. The van der Waals surface area contributed by atoms with Crippen molar-refractivity contribution in [1.82, 2.24) is 10.3 Å². The first-order chi connectivity index (χ1) is 12.1. The van der Waals surface area contributed by atoms with Gasteiger partial charge in [0, 0.05) is 23.9 Å². The largest absolute Gasteiger partial charge is 0.366 e. The number of hydrogen-bond acceptors (Lipinski definition) is 4. The molecule has 0 bridgehead atoms. The summed E-state index contributed by atoms with van der Waals surface area (Å²) in [6.07, 6.45) is 0.708. The molecule has 0 saturated carbocycles. The molecule has 6 heteroatoms. The molecule has 0 aliphatic rings. The van der Waals surface area contributed by atoms with Crippen molar-refractivity contribution in [3.8, 4) is 0 Å². The fourth-order valence-electron chi connectivity index (χ4n) is 2.37. The molecule has 3 N–H and O–H groups in total. The Bertz CT molecular complexity index is 890. The summed E-state index contributed by atoms with van der Waals surface area (Å²) >= 11 is 1.47. The highest BCUT2D eigenvalue weighted by atomic mass is 32.1. The normalized spacial score (nSPS) is 10.4. The molecule has 2 amide bonds. The minimum atomic E-state index is -0.488. The molecule has 3 aromatic rings. The quantitative estimate of drug-likeness (QED) is 0.716. The summed E-state index contributed by atoms with van der Waals surface area (Å²) in [6, 6.07) is 16.9. The molecule has 2 aromatic carbocycles. The van der Waals surface area contributed by atoms with Crippen molar-refractivity contribution in [2.45, 2.75) is 13.0 Å². The Balaban J connectivity index is 1.60. The minimum Gasteiger partial charge on any atom is -0.366 e. The summed E-state index contributed by atoms with van der Waals surface area (Å²) < 4.78 is 0. The zero-order valence-electron chi connectivity index (χ0n) is 13.4. The Labute approximate surface area is 149 Å². The Hall–Kier alpha value is -2.99. The molecule has 0 atom stereocenters. The molecule has 0 unspecified atom stereocenters. The molecular formula is C19H17N3O2S. The number of aromatic nitrogens is 1. The number of primary amides is 1. The number of nitrogens with two attached hydrogens (primary N) is 1. The van der Waals surface area contributed by atoms with Gasteiger partial charge in [-0.2, -0.15) is 0 Å². The van der Waals surface area contributed by atoms with Crippen molar-refractivity contribution < 1.29 is 9.59 Å². The van der Waals surface area contributed by atoms with Gasteiger partial charge in [-0.3, -0.25) is 9.59 Å². The van der Waals surface area contributed by atoms with Crippen LogP contribution in [0.1, 0.15) is 37.0 Å². The van der Waals surface area contributed by atoms with Crippen LogP contribution in [0.15, 0.2) is 60.0 Å². The molecule has 0 spiro atoms. The maximum atomic E-state index is 12.2. The van der Waals surface area contributed by atoms with E-state index in [0.29, 0.717) is 24.2 Å². The van der Waals surface area contributed by atoms with Crippen LogP contribution in [-0.2, 0) is 13.0 Å². The van der Waals surface area contributed by atoms with Crippen molar-refractivity contribution >= 4 is 23.2 Å². The SMILES string of the molecule is NC(=O)c1cccc(CNC(=O)c2csc(Cc3ccccc3)n2)c1. The van der Waals surface area contributed by atoms with Crippen molar-refractivity contribution in [2.24, 2.45) is 5.73 Å². The Kier molecular flexibility index (Phi) is 5.20. The molecule has 126 valence electrons. The maximum Gasteiger partial charge on any atom is 0.271 e. The molecule has 0 saturated heterocycles. The third-order valence-electron chi connectivity index (χ3n) is 3.65. The monoisotopic (exact) mass is 351 g/mol. The van der Waals surface area contributed by atoms with Crippen molar-refractivity contribution in [3.63, 3.8) is 0 Å². The summed E-state index contributed by atoms with van der Waals surface area (Å²) in [5.74, 6) is -0.724. The van der Waals surface area contributed by atoms with E-state index in [0.717, 1.165) is 16.1 Å². The van der Waals surface area contributed by atoms with E-state index in [1.807, 2.05) is 36.4 Å². The van der Waals surface area contributed by atoms with Crippen LogP contribution < -0.4 is 11.1 Å². The number of hydrogen-bond donors (Lipinski definition) is 2. The standard InChI is InChI=1S/C19H17N3O2S/c20-18(23)15-8-4-7-14(9-15)11-21-19(24)16-12-25-17(22-16)10-13-5-2-1-3-6-13/h1-9,12H,10-11H2,(H2,20,23)(H,21,24). The number of benzene rings is 2. The third kappa shape index (κ3) is 4.51. The highest BCUT2D eigenvalue weighted by Crippen LogP contribution is 2.15. The number of nitrogens with one attached hydrogen (secondary N) is 1. The summed E-state index contributed by atoms with van der Waals surface area (Å²) in [5, 5.41) is 5.46. The maximum absolute atomic E-state index is 12.2. The number of nitrogens with zero attached hydrogens (tertiary/aromatic N) is 1. The van der Waals surface area contributed by atoms with Crippen LogP contribution in [0.25, 0.3) is 0 Å². The van der Waals surface area contributed by atoms with Crippen molar-refractivity contribution in [2.75, 3.05) is 0 Å².